The largest absolute Gasteiger partial charge is 0.349 e. The Labute approximate surface area is 175 Å². The lowest BCUT2D eigenvalue weighted by Crippen LogP contribution is -2.48. The molecule has 156 valence electrons. The van der Waals surface area contributed by atoms with Crippen LogP contribution in [-0.4, -0.2) is 63.5 Å². The highest BCUT2D eigenvalue weighted by atomic mass is 35.5. The van der Waals surface area contributed by atoms with Crippen LogP contribution in [0.25, 0.3) is 0 Å². The molecular formula is C21H26ClN3O4. The second-order valence-corrected chi connectivity index (χ2v) is 9.22. The third-order valence-corrected chi connectivity index (χ3v) is 5.49. The van der Waals surface area contributed by atoms with Crippen LogP contribution in [0.5, 0.6) is 0 Å². The molecule has 0 aliphatic carbocycles. The lowest BCUT2D eigenvalue weighted by Gasteiger charge is -2.33. The van der Waals surface area contributed by atoms with Crippen LogP contribution in [-0.2, 0) is 4.79 Å². The molecule has 1 atom stereocenters. The molecule has 0 radical (unpaired) electrons. The van der Waals surface area contributed by atoms with Crippen LogP contribution in [0, 0.1) is 0 Å². The van der Waals surface area contributed by atoms with Crippen molar-refractivity contribution in [3.05, 3.63) is 34.9 Å². The van der Waals surface area contributed by atoms with Gasteiger partial charge in [-0.1, -0.05) is 0 Å². The third-order valence-electron chi connectivity index (χ3n) is 5.30. The summed E-state index contributed by atoms with van der Waals surface area (Å²) in [5.41, 5.74) is 0.285. The first kappa shape index (κ1) is 21.3. The van der Waals surface area contributed by atoms with Gasteiger partial charge in [-0.05, 0) is 58.7 Å². The lowest BCUT2D eigenvalue weighted by molar-refractivity contribution is -0.131. The monoisotopic (exact) mass is 419 g/mol. The first-order valence-corrected chi connectivity index (χ1v) is 10.2. The molecule has 8 heteroatoms. The van der Waals surface area contributed by atoms with Gasteiger partial charge in [-0.15, -0.1) is 11.6 Å². The molecule has 29 heavy (non-hydrogen) atoms. The number of piperidine rings is 1. The number of nitrogens with one attached hydrogen (secondary N) is 1. The van der Waals surface area contributed by atoms with Crippen molar-refractivity contribution in [2.24, 2.45) is 0 Å². The normalized spacial score (nSPS) is 18.7. The molecule has 1 unspecified atom stereocenters. The van der Waals surface area contributed by atoms with Crippen LogP contribution in [0.3, 0.4) is 0 Å². The second kappa shape index (κ2) is 7.78. The zero-order valence-electron chi connectivity index (χ0n) is 17.1. The average molecular weight is 420 g/mol. The van der Waals surface area contributed by atoms with Crippen molar-refractivity contribution in [1.82, 2.24) is 15.1 Å². The van der Waals surface area contributed by atoms with Gasteiger partial charge in [0.25, 0.3) is 17.7 Å². The Balaban J connectivity index is 1.67. The molecule has 7 nitrogen and oxygen atoms in total. The van der Waals surface area contributed by atoms with Gasteiger partial charge in [0.1, 0.15) is 5.38 Å². The van der Waals surface area contributed by atoms with E-state index in [1.54, 1.807) is 44.7 Å². The van der Waals surface area contributed by atoms with Crippen molar-refractivity contribution in [1.29, 1.82) is 0 Å². The van der Waals surface area contributed by atoms with Crippen molar-refractivity contribution >= 4 is 35.2 Å². The summed E-state index contributed by atoms with van der Waals surface area (Å²) in [6.45, 7) is 8.12. The molecule has 1 aromatic carbocycles. The highest BCUT2D eigenvalue weighted by Gasteiger charge is 2.42. The van der Waals surface area contributed by atoms with E-state index in [1.165, 1.54) is 11.0 Å². The zero-order valence-corrected chi connectivity index (χ0v) is 17.9. The van der Waals surface area contributed by atoms with E-state index >= 15 is 0 Å². The van der Waals surface area contributed by atoms with Gasteiger partial charge in [0.2, 0.25) is 5.91 Å². The van der Waals surface area contributed by atoms with E-state index in [0.29, 0.717) is 37.1 Å². The SMILES string of the molecule is CC(Cl)C(=O)N1CCC(NC(=O)c2ccc3c(c2)C(=O)N(C(C)(C)C)C3=O)CC1. The molecule has 4 amide bonds. The molecule has 2 aliphatic rings. The minimum absolute atomic E-state index is 0.0613. The molecule has 2 aliphatic heterocycles. The number of hydrogen-bond donors (Lipinski definition) is 1. The fraction of sp³-hybridized carbons (Fsp3) is 0.524. The summed E-state index contributed by atoms with van der Waals surface area (Å²) in [5, 5.41) is 2.41. The molecular weight excluding hydrogens is 394 g/mol. The standard InChI is InChI=1S/C21H26ClN3O4/c1-12(22)18(27)24-9-7-14(8-10-24)23-17(26)13-5-6-15-16(11-13)20(29)25(19(15)28)21(2,3)4/h5-6,11-12,14H,7-10H2,1-4H3,(H,23,26). The van der Waals surface area contributed by atoms with E-state index in [-0.39, 0.29) is 35.2 Å². The Morgan fingerprint density at radius 1 is 1.10 bits per heavy atom. The summed E-state index contributed by atoms with van der Waals surface area (Å²) in [6, 6.07) is 4.54. The first-order chi connectivity index (χ1) is 13.5. The van der Waals surface area contributed by atoms with Crippen molar-refractivity contribution in [3.8, 4) is 0 Å². The molecule has 1 saturated heterocycles. The fourth-order valence-corrected chi connectivity index (χ4v) is 3.89. The number of fused-ring (bicyclic) bond motifs is 1. The fourth-order valence-electron chi connectivity index (χ4n) is 3.76. The van der Waals surface area contributed by atoms with E-state index < -0.39 is 10.9 Å². The summed E-state index contributed by atoms with van der Waals surface area (Å²) in [4.78, 5) is 52.8. The predicted octanol–water partition coefficient (Wildman–Crippen LogP) is 2.43. The minimum atomic E-state index is -0.637. The zero-order chi connectivity index (χ0) is 21.5. The number of carbonyl (C=O) groups is 4. The number of nitrogens with zero attached hydrogens (tertiary/aromatic N) is 2. The Morgan fingerprint density at radius 2 is 1.69 bits per heavy atom. The van der Waals surface area contributed by atoms with Gasteiger partial charge in [0.15, 0.2) is 0 Å². The van der Waals surface area contributed by atoms with E-state index in [4.69, 9.17) is 11.6 Å². The molecule has 0 bridgehead atoms. The number of amides is 4. The van der Waals surface area contributed by atoms with Crippen molar-refractivity contribution in [3.63, 3.8) is 0 Å². The third kappa shape index (κ3) is 4.15. The van der Waals surface area contributed by atoms with Gasteiger partial charge < -0.3 is 10.2 Å². The predicted molar refractivity (Wildman–Crippen MR) is 109 cm³/mol. The number of rotatable bonds is 3. The number of carbonyl (C=O) groups excluding carboxylic acids is 4. The number of halogens is 1. The number of likely N-dealkylation sites (tertiary alicyclic amines) is 1. The van der Waals surface area contributed by atoms with E-state index in [2.05, 4.69) is 5.32 Å². The minimum Gasteiger partial charge on any atom is -0.349 e. The van der Waals surface area contributed by atoms with Gasteiger partial charge in [0, 0.05) is 30.2 Å². The number of hydrogen-bond acceptors (Lipinski definition) is 4. The molecule has 0 saturated carbocycles. The number of benzene rings is 1. The van der Waals surface area contributed by atoms with Crippen LogP contribution in [0.1, 0.15) is 71.6 Å². The molecule has 1 N–H and O–H groups in total. The van der Waals surface area contributed by atoms with Gasteiger partial charge in [-0.3, -0.25) is 24.1 Å². The lowest BCUT2D eigenvalue weighted by atomic mass is 10.0. The molecule has 3 rings (SSSR count). The Hall–Kier alpha value is -2.41. The molecule has 2 heterocycles. The van der Waals surface area contributed by atoms with Crippen LogP contribution in [0.15, 0.2) is 18.2 Å². The maximum Gasteiger partial charge on any atom is 0.262 e. The van der Waals surface area contributed by atoms with Crippen LogP contribution in [0.4, 0.5) is 0 Å². The first-order valence-electron chi connectivity index (χ1n) is 9.77. The summed E-state index contributed by atoms with van der Waals surface area (Å²) < 4.78 is 0. The number of alkyl halides is 1. The Kier molecular flexibility index (Phi) is 5.72. The highest BCUT2D eigenvalue weighted by Crippen LogP contribution is 2.30. The van der Waals surface area contributed by atoms with Gasteiger partial charge in [-0.25, -0.2) is 0 Å². The maximum atomic E-state index is 12.7. The Morgan fingerprint density at radius 3 is 2.24 bits per heavy atom. The van der Waals surface area contributed by atoms with Crippen molar-refractivity contribution in [2.45, 2.75) is 57.5 Å². The van der Waals surface area contributed by atoms with Gasteiger partial charge in [0.05, 0.1) is 11.1 Å². The van der Waals surface area contributed by atoms with E-state index in [1.807, 2.05) is 0 Å². The van der Waals surface area contributed by atoms with Gasteiger partial charge >= 0.3 is 0 Å². The molecule has 1 aromatic rings. The Bertz CT molecular complexity index is 867. The van der Waals surface area contributed by atoms with E-state index in [0.717, 1.165) is 0 Å². The maximum absolute atomic E-state index is 12.7. The van der Waals surface area contributed by atoms with Gasteiger partial charge in [-0.2, -0.15) is 0 Å². The van der Waals surface area contributed by atoms with Crippen molar-refractivity contribution in [2.75, 3.05) is 13.1 Å². The van der Waals surface area contributed by atoms with Crippen LogP contribution < -0.4 is 5.32 Å². The topological polar surface area (TPSA) is 86.8 Å². The smallest absolute Gasteiger partial charge is 0.262 e. The second-order valence-electron chi connectivity index (χ2n) is 8.57. The summed E-state index contributed by atoms with van der Waals surface area (Å²) in [6.07, 6.45) is 1.28. The summed E-state index contributed by atoms with van der Waals surface area (Å²) >= 11 is 5.85. The van der Waals surface area contributed by atoms with E-state index in [9.17, 15) is 19.2 Å². The quantitative estimate of drug-likeness (QED) is 0.602. The molecule has 1 fully saturated rings. The molecule has 0 aromatic heterocycles. The average Bonchev–Trinajstić information content (AvgIpc) is 2.91. The summed E-state index contributed by atoms with van der Waals surface area (Å²) in [5.74, 6) is -1.11. The molecule has 0 spiro atoms. The van der Waals surface area contributed by atoms with Crippen LogP contribution in [0.2, 0.25) is 0 Å². The van der Waals surface area contributed by atoms with Crippen molar-refractivity contribution < 1.29 is 19.2 Å². The van der Waals surface area contributed by atoms with Crippen LogP contribution >= 0.6 is 11.6 Å². The summed E-state index contributed by atoms with van der Waals surface area (Å²) in [7, 11) is 0. The highest BCUT2D eigenvalue weighted by molar-refractivity contribution is 6.30. The number of imide groups is 1.